The number of aliphatic hydroxyl groups is 1. The van der Waals surface area contributed by atoms with E-state index in [1.54, 1.807) is 7.11 Å². The van der Waals surface area contributed by atoms with Crippen LogP contribution in [0, 0.1) is 0 Å². The predicted molar refractivity (Wildman–Crippen MR) is 54.1 cm³/mol. The van der Waals surface area contributed by atoms with Gasteiger partial charge in [0, 0.05) is 19.2 Å². The molecule has 0 fully saturated rings. The van der Waals surface area contributed by atoms with Gasteiger partial charge in [-0.1, -0.05) is 0 Å². The van der Waals surface area contributed by atoms with E-state index < -0.39 is 5.54 Å². The van der Waals surface area contributed by atoms with Crippen LogP contribution < -0.4 is 10.6 Å². The zero-order chi connectivity index (χ0) is 11.0. The summed E-state index contributed by atoms with van der Waals surface area (Å²) in [6, 6.07) is 0. The minimum absolute atomic E-state index is 0.00164. The topological polar surface area (TPSA) is 70.6 Å². The number of ether oxygens (including phenoxy) is 1. The molecule has 1 amide bonds. The van der Waals surface area contributed by atoms with Gasteiger partial charge in [-0.15, -0.1) is 0 Å². The second kappa shape index (κ2) is 6.75. The quantitative estimate of drug-likeness (QED) is 0.470. The highest BCUT2D eigenvalue weighted by molar-refractivity contribution is 5.78. The summed E-state index contributed by atoms with van der Waals surface area (Å²) in [5.74, 6) is -0.0939. The lowest BCUT2D eigenvalue weighted by atomic mass is 10.1. The van der Waals surface area contributed by atoms with Crippen LogP contribution in [0.25, 0.3) is 0 Å². The van der Waals surface area contributed by atoms with Crippen LogP contribution in [0.4, 0.5) is 0 Å². The van der Waals surface area contributed by atoms with Gasteiger partial charge in [0.05, 0.1) is 19.8 Å². The van der Waals surface area contributed by atoms with Crippen molar-refractivity contribution in [2.24, 2.45) is 0 Å². The SMILES string of the molecule is COCCNC(=O)CNC(C)(C)CO. The Balaban J connectivity index is 3.53. The molecular formula is C9H20N2O3. The molecule has 0 radical (unpaired) electrons. The second-order valence-corrected chi connectivity index (χ2v) is 3.74. The van der Waals surface area contributed by atoms with E-state index in [1.165, 1.54) is 0 Å². The summed E-state index contributed by atoms with van der Waals surface area (Å²) in [7, 11) is 1.58. The van der Waals surface area contributed by atoms with Crippen molar-refractivity contribution < 1.29 is 14.6 Å². The smallest absolute Gasteiger partial charge is 0.234 e. The minimum atomic E-state index is -0.418. The van der Waals surface area contributed by atoms with Gasteiger partial charge in [-0.2, -0.15) is 0 Å². The molecule has 0 saturated heterocycles. The van der Waals surface area contributed by atoms with Gasteiger partial charge in [0.25, 0.3) is 0 Å². The summed E-state index contributed by atoms with van der Waals surface area (Å²) in [6.07, 6.45) is 0. The molecular weight excluding hydrogens is 184 g/mol. The number of carbonyl (C=O) groups excluding carboxylic acids is 1. The Hall–Kier alpha value is -0.650. The van der Waals surface area contributed by atoms with Gasteiger partial charge < -0.3 is 20.5 Å². The van der Waals surface area contributed by atoms with Crippen LogP contribution >= 0.6 is 0 Å². The van der Waals surface area contributed by atoms with E-state index >= 15 is 0 Å². The molecule has 84 valence electrons. The molecule has 3 N–H and O–H groups in total. The first-order valence-corrected chi connectivity index (χ1v) is 4.63. The molecule has 0 aromatic heterocycles. The second-order valence-electron chi connectivity index (χ2n) is 3.74. The largest absolute Gasteiger partial charge is 0.394 e. The highest BCUT2D eigenvalue weighted by Crippen LogP contribution is 1.97. The third kappa shape index (κ3) is 6.82. The lowest BCUT2D eigenvalue weighted by Crippen LogP contribution is -2.47. The van der Waals surface area contributed by atoms with Crippen molar-refractivity contribution >= 4 is 5.91 Å². The van der Waals surface area contributed by atoms with Gasteiger partial charge in [-0.25, -0.2) is 0 Å². The number of aliphatic hydroxyl groups excluding tert-OH is 1. The number of hydrogen-bond acceptors (Lipinski definition) is 4. The minimum Gasteiger partial charge on any atom is -0.394 e. The Bertz CT molecular complexity index is 171. The number of carbonyl (C=O) groups is 1. The zero-order valence-electron chi connectivity index (χ0n) is 9.09. The van der Waals surface area contributed by atoms with E-state index in [4.69, 9.17) is 9.84 Å². The Morgan fingerprint density at radius 2 is 2.14 bits per heavy atom. The fourth-order valence-electron chi connectivity index (χ4n) is 0.730. The maximum atomic E-state index is 11.2. The molecule has 5 nitrogen and oxygen atoms in total. The van der Waals surface area contributed by atoms with E-state index in [2.05, 4.69) is 10.6 Å². The normalized spacial score (nSPS) is 11.4. The van der Waals surface area contributed by atoms with Gasteiger partial charge in [0.15, 0.2) is 0 Å². The maximum Gasteiger partial charge on any atom is 0.234 e. The Labute approximate surface area is 84.8 Å². The fourth-order valence-corrected chi connectivity index (χ4v) is 0.730. The molecule has 0 heterocycles. The fraction of sp³-hybridized carbons (Fsp3) is 0.889. The summed E-state index contributed by atoms with van der Waals surface area (Å²) < 4.78 is 4.78. The van der Waals surface area contributed by atoms with Crippen LogP contribution in [-0.4, -0.2) is 50.0 Å². The van der Waals surface area contributed by atoms with Crippen molar-refractivity contribution in [3.05, 3.63) is 0 Å². The van der Waals surface area contributed by atoms with Crippen LogP contribution in [0.15, 0.2) is 0 Å². The number of amides is 1. The van der Waals surface area contributed by atoms with Crippen LogP contribution in [-0.2, 0) is 9.53 Å². The average Bonchev–Trinajstić information content (AvgIpc) is 2.16. The summed E-state index contributed by atoms with van der Waals surface area (Å²) in [5, 5.41) is 14.5. The number of hydrogen-bond donors (Lipinski definition) is 3. The molecule has 0 rings (SSSR count). The van der Waals surface area contributed by atoms with Crippen LogP contribution in [0.1, 0.15) is 13.8 Å². The summed E-state index contributed by atoms with van der Waals surface area (Å²) in [4.78, 5) is 11.2. The molecule has 0 bridgehead atoms. The Kier molecular flexibility index (Phi) is 6.44. The molecule has 0 aromatic rings. The molecule has 5 heteroatoms. The molecule has 0 aliphatic heterocycles. The predicted octanol–water partition coefficient (Wildman–Crippen LogP) is -0.890. The number of nitrogens with one attached hydrogen (secondary N) is 2. The molecule has 14 heavy (non-hydrogen) atoms. The zero-order valence-corrected chi connectivity index (χ0v) is 9.09. The van der Waals surface area contributed by atoms with Gasteiger partial charge in [-0.05, 0) is 13.8 Å². The molecule has 0 aliphatic carbocycles. The molecule has 0 aromatic carbocycles. The van der Waals surface area contributed by atoms with Crippen LogP contribution in [0.3, 0.4) is 0 Å². The third-order valence-electron chi connectivity index (χ3n) is 1.75. The summed E-state index contributed by atoms with van der Waals surface area (Å²) >= 11 is 0. The van der Waals surface area contributed by atoms with Crippen LogP contribution in [0.5, 0.6) is 0 Å². The third-order valence-corrected chi connectivity index (χ3v) is 1.75. The molecule has 0 unspecified atom stereocenters. The molecule has 0 aliphatic rings. The van der Waals surface area contributed by atoms with Crippen molar-refractivity contribution in [2.75, 3.05) is 33.4 Å². The van der Waals surface area contributed by atoms with E-state index in [0.717, 1.165) is 0 Å². The van der Waals surface area contributed by atoms with Crippen LogP contribution in [0.2, 0.25) is 0 Å². The first-order valence-electron chi connectivity index (χ1n) is 4.63. The van der Waals surface area contributed by atoms with Crippen molar-refractivity contribution in [3.63, 3.8) is 0 Å². The van der Waals surface area contributed by atoms with E-state index in [0.29, 0.717) is 13.2 Å². The lowest BCUT2D eigenvalue weighted by Gasteiger charge is -2.22. The van der Waals surface area contributed by atoms with Gasteiger partial charge in [0.2, 0.25) is 5.91 Å². The van der Waals surface area contributed by atoms with E-state index in [-0.39, 0.29) is 19.1 Å². The number of methoxy groups -OCH3 is 1. The number of rotatable bonds is 7. The van der Waals surface area contributed by atoms with Gasteiger partial charge >= 0.3 is 0 Å². The Morgan fingerprint density at radius 1 is 1.50 bits per heavy atom. The Morgan fingerprint density at radius 3 is 2.64 bits per heavy atom. The van der Waals surface area contributed by atoms with Gasteiger partial charge in [-0.3, -0.25) is 4.79 Å². The molecule has 0 spiro atoms. The van der Waals surface area contributed by atoms with Crippen molar-refractivity contribution in [3.8, 4) is 0 Å². The lowest BCUT2D eigenvalue weighted by molar-refractivity contribution is -0.120. The average molecular weight is 204 g/mol. The van der Waals surface area contributed by atoms with E-state index in [1.807, 2.05) is 13.8 Å². The highest BCUT2D eigenvalue weighted by atomic mass is 16.5. The molecule has 0 atom stereocenters. The van der Waals surface area contributed by atoms with Crippen molar-refractivity contribution in [1.82, 2.24) is 10.6 Å². The highest BCUT2D eigenvalue weighted by Gasteiger charge is 2.16. The summed E-state index contributed by atoms with van der Waals surface area (Å²) in [5.41, 5.74) is -0.418. The molecule has 0 saturated carbocycles. The van der Waals surface area contributed by atoms with E-state index in [9.17, 15) is 4.79 Å². The first kappa shape index (κ1) is 13.4. The van der Waals surface area contributed by atoms with Gasteiger partial charge in [0.1, 0.15) is 0 Å². The first-order chi connectivity index (χ1) is 6.52. The maximum absolute atomic E-state index is 11.2. The standard InChI is InChI=1S/C9H20N2O3/c1-9(2,7-12)11-6-8(13)10-4-5-14-3/h11-12H,4-7H2,1-3H3,(H,10,13). The monoisotopic (exact) mass is 204 g/mol. The van der Waals surface area contributed by atoms with Crippen molar-refractivity contribution in [2.45, 2.75) is 19.4 Å². The summed E-state index contributed by atoms with van der Waals surface area (Å²) in [6.45, 7) is 4.88. The van der Waals surface area contributed by atoms with Crippen molar-refractivity contribution in [1.29, 1.82) is 0 Å².